The summed E-state index contributed by atoms with van der Waals surface area (Å²) in [6.07, 6.45) is -0.803. The fourth-order valence-corrected chi connectivity index (χ4v) is 2.51. The number of phenols is 3. The molecule has 0 bridgehead atoms. The van der Waals surface area contributed by atoms with Crippen LogP contribution in [-0.2, 0) is 0 Å². The number of hydrogen-bond donors (Lipinski definition) is 3. The van der Waals surface area contributed by atoms with E-state index in [-0.39, 0.29) is 40.8 Å². The zero-order valence-corrected chi connectivity index (χ0v) is 11.7. The Kier molecular flexibility index (Phi) is 3.29. The van der Waals surface area contributed by atoms with E-state index in [9.17, 15) is 20.1 Å². The van der Waals surface area contributed by atoms with E-state index in [0.29, 0.717) is 11.3 Å². The molecule has 0 spiro atoms. The van der Waals surface area contributed by atoms with Gasteiger partial charge in [-0.2, -0.15) is 0 Å². The second-order valence-corrected chi connectivity index (χ2v) is 4.97. The summed E-state index contributed by atoms with van der Waals surface area (Å²) in [4.78, 5) is 12.3. The third kappa shape index (κ3) is 2.18. The lowest BCUT2D eigenvalue weighted by molar-refractivity contribution is 0.0841. The normalized spacial score (nSPS) is 16.8. The van der Waals surface area contributed by atoms with Crippen LogP contribution in [0.15, 0.2) is 30.3 Å². The second kappa shape index (κ2) is 5.14. The Bertz CT molecular complexity index is 753. The molecule has 2 aromatic rings. The van der Waals surface area contributed by atoms with Crippen LogP contribution in [0.2, 0.25) is 0 Å². The van der Waals surface area contributed by atoms with Crippen molar-refractivity contribution in [2.24, 2.45) is 0 Å². The van der Waals surface area contributed by atoms with Crippen molar-refractivity contribution in [3.05, 3.63) is 41.5 Å². The van der Waals surface area contributed by atoms with Gasteiger partial charge in [0.15, 0.2) is 17.3 Å². The van der Waals surface area contributed by atoms with Crippen molar-refractivity contribution in [3.63, 3.8) is 0 Å². The first kappa shape index (κ1) is 14.1. The molecular weight excluding hydrogens is 288 g/mol. The van der Waals surface area contributed by atoms with Gasteiger partial charge >= 0.3 is 0 Å². The Balaban J connectivity index is 2.05. The molecule has 6 nitrogen and oxygen atoms in total. The van der Waals surface area contributed by atoms with Crippen molar-refractivity contribution in [2.75, 3.05) is 7.11 Å². The van der Waals surface area contributed by atoms with Gasteiger partial charge in [0.25, 0.3) is 0 Å². The molecule has 6 heteroatoms. The molecule has 1 unspecified atom stereocenters. The minimum atomic E-state index is -0.751. The van der Waals surface area contributed by atoms with Gasteiger partial charge < -0.3 is 24.8 Å². The van der Waals surface area contributed by atoms with Gasteiger partial charge in [-0.25, -0.2) is 0 Å². The third-order valence-corrected chi connectivity index (χ3v) is 3.60. The number of ether oxygens (including phenoxy) is 2. The lowest BCUT2D eigenvalue weighted by Crippen LogP contribution is -2.20. The standard InChI is InChI=1S/C16H14O6/c1-21-8-5-11(18)15-12(19)7-13(22-14(15)6-8)9-3-2-4-10(17)16(9)20/h2-6,13,17-18,20H,7H2,1H3. The maximum absolute atomic E-state index is 12.3. The van der Waals surface area contributed by atoms with Crippen molar-refractivity contribution in [2.45, 2.75) is 12.5 Å². The molecule has 0 radical (unpaired) electrons. The highest BCUT2D eigenvalue weighted by atomic mass is 16.5. The number of hydrogen-bond acceptors (Lipinski definition) is 6. The van der Waals surface area contributed by atoms with Gasteiger partial charge in [0.1, 0.15) is 28.9 Å². The summed E-state index contributed by atoms with van der Waals surface area (Å²) in [6, 6.07) is 7.30. The Morgan fingerprint density at radius 1 is 1.18 bits per heavy atom. The van der Waals surface area contributed by atoms with E-state index in [0.717, 1.165) is 0 Å². The predicted octanol–water partition coefficient (Wildman–Crippen LogP) is 2.52. The first-order valence-corrected chi connectivity index (χ1v) is 6.63. The number of ketones is 1. The lowest BCUT2D eigenvalue weighted by atomic mass is 9.95. The van der Waals surface area contributed by atoms with Gasteiger partial charge in [-0.05, 0) is 6.07 Å². The second-order valence-electron chi connectivity index (χ2n) is 4.97. The molecule has 3 rings (SSSR count). The highest BCUT2D eigenvalue weighted by molar-refractivity contribution is 6.02. The molecule has 0 saturated heterocycles. The van der Waals surface area contributed by atoms with E-state index in [4.69, 9.17) is 9.47 Å². The summed E-state index contributed by atoms with van der Waals surface area (Å²) in [5.41, 5.74) is 0.401. The number of para-hydroxylation sites is 1. The van der Waals surface area contributed by atoms with Crippen LogP contribution in [0, 0.1) is 0 Å². The van der Waals surface area contributed by atoms with Gasteiger partial charge in [0, 0.05) is 17.7 Å². The Hall–Kier alpha value is -2.89. The molecule has 0 fully saturated rings. The highest BCUT2D eigenvalue weighted by Crippen LogP contribution is 2.44. The number of aromatic hydroxyl groups is 3. The van der Waals surface area contributed by atoms with Crippen LogP contribution >= 0.6 is 0 Å². The molecule has 2 aromatic carbocycles. The largest absolute Gasteiger partial charge is 0.507 e. The van der Waals surface area contributed by atoms with E-state index in [1.54, 1.807) is 12.1 Å². The highest BCUT2D eigenvalue weighted by Gasteiger charge is 2.32. The number of Topliss-reactive ketones (excluding diaryl/α,β-unsaturated/α-hetero) is 1. The van der Waals surface area contributed by atoms with Crippen LogP contribution in [0.4, 0.5) is 0 Å². The van der Waals surface area contributed by atoms with E-state index >= 15 is 0 Å². The van der Waals surface area contributed by atoms with Crippen molar-refractivity contribution >= 4 is 5.78 Å². The number of carbonyl (C=O) groups excluding carboxylic acids is 1. The zero-order valence-electron chi connectivity index (χ0n) is 11.7. The average Bonchev–Trinajstić information content (AvgIpc) is 2.49. The molecule has 114 valence electrons. The van der Waals surface area contributed by atoms with Gasteiger partial charge in [0.2, 0.25) is 0 Å². The summed E-state index contributed by atoms with van der Waals surface area (Å²) >= 11 is 0. The number of methoxy groups -OCH3 is 1. The van der Waals surface area contributed by atoms with E-state index in [1.165, 1.54) is 25.3 Å². The molecule has 0 aliphatic carbocycles. The van der Waals surface area contributed by atoms with E-state index in [2.05, 4.69) is 0 Å². The molecule has 22 heavy (non-hydrogen) atoms. The predicted molar refractivity (Wildman–Crippen MR) is 76.7 cm³/mol. The fraction of sp³-hybridized carbons (Fsp3) is 0.188. The number of carbonyl (C=O) groups is 1. The molecule has 0 saturated carbocycles. The Morgan fingerprint density at radius 2 is 1.95 bits per heavy atom. The van der Waals surface area contributed by atoms with Crippen molar-refractivity contribution in [3.8, 4) is 28.7 Å². The van der Waals surface area contributed by atoms with Crippen LogP contribution in [0.5, 0.6) is 28.7 Å². The molecule has 0 aromatic heterocycles. The molecule has 1 aliphatic rings. The minimum Gasteiger partial charge on any atom is -0.507 e. The van der Waals surface area contributed by atoms with Crippen molar-refractivity contribution < 1.29 is 29.6 Å². The summed E-state index contributed by atoms with van der Waals surface area (Å²) in [7, 11) is 1.43. The van der Waals surface area contributed by atoms with Gasteiger partial charge in [-0.15, -0.1) is 0 Å². The van der Waals surface area contributed by atoms with Crippen LogP contribution < -0.4 is 9.47 Å². The van der Waals surface area contributed by atoms with Crippen LogP contribution in [0.1, 0.15) is 28.4 Å². The lowest BCUT2D eigenvalue weighted by Gasteiger charge is -2.26. The molecule has 0 amide bonds. The SMILES string of the molecule is COc1cc(O)c2c(c1)OC(c1cccc(O)c1O)CC2=O. The molecule has 1 aliphatic heterocycles. The number of rotatable bonds is 2. The summed E-state index contributed by atoms with van der Waals surface area (Å²) in [5.74, 6) is -0.596. The van der Waals surface area contributed by atoms with Crippen LogP contribution in [0.3, 0.4) is 0 Å². The maximum atomic E-state index is 12.3. The minimum absolute atomic E-state index is 0.0517. The number of fused-ring (bicyclic) bond motifs is 1. The van der Waals surface area contributed by atoms with Gasteiger partial charge in [0.05, 0.1) is 13.5 Å². The molecule has 1 atom stereocenters. The number of benzene rings is 2. The first-order chi connectivity index (χ1) is 10.5. The quantitative estimate of drug-likeness (QED) is 0.738. The number of phenolic OH excluding ortho intramolecular Hbond substituents is 3. The van der Waals surface area contributed by atoms with Crippen LogP contribution in [0.25, 0.3) is 0 Å². The zero-order chi connectivity index (χ0) is 15.9. The van der Waals surface area contributed by atoms with Crippen molar-refractivity contribution in [1.82, 2.24) is 0 Å². The average molecular weight is 302 g/mol. The Labute approximate surface area is 126 Å². The third-order valence-electron chi connectivity index (χ3n) is 3.60. The monoisotopic (exact) mass is 302 g/mol. The fourth-order valence-electron chi connectivity index (χ4n) is 2.51. The molecular formula is C16H14O6. The molecule has 1 heterocycles. The first-order valence-electron chi connectivity index (χ1n) is 6.63. The smallest absolute Gasteiger partial charge is 0.174 e. The summed E-state index contributed by atoms with van der Waals surface area (Å²) in [5, 5.41) is 29.4. The van der Waals surface area contributed by atoms with E-state index in [1.807, 2.05) is 0 Å². The summed E-state index contributed by atoms with van der Waals surface area (Å²) in [6.45, 7) is 0. The van der Waals surface area contributed by atoms with Gasteiger partial charge in [-0.1, -0.05) is 12.1 Å². The molecule has 3 N–H and O–H groups in total. The maximum Gasteiger partial charge on any atom is 0.174 e. The van der Waals surface area contributed by atoms with Crippen molar-refractivity contribution in [1.29, 1.82) is 0 Å². The van der Waals surface area contributed by atoms with Gasteiger partial charge in [-0.3, -0.25) is 4.79 Å². The topological polar surface area (TPSA) is 96.2 Å². The Morgan fingerprint density at radius 3 is 2.68 bits per heavy atom. The van der Waals surface area contributed by atoms with E-state index < -0.39 is 6.10 Å². The summed E-state index contributed by atoms with van der Waals surface area (Å²) < 4.78 is 10.8. The van der Waals surface area contributed by atoms with Crippen LogP contribution in [-0.4, -0.2) is 28.2 Å².